The molecule has 4 nitrogen and oxygen atoms in total. The molecule has 2 rings (SSSR count). The molecule has 0 aliphatic heterocycles. The molecule has 1 atom stereocenters. The van der Waals surface area contributed by atoms with Crippen LogP contribution in [0.3, 0.4) is 0 Å². The van der Waals surface area contributed by atoms with E-state index >= 15 is 0 Å². The van der Waals surface area contributed by atoms with E-state index in [9.17, 15) is 0 Å². The Hall–Kier alpha value is -1.33. The maximum atomic E-state index is 4.47. The van der Waals surface area contributed by atoms with E-state index in [4.69, 9.17) is 0 Å². The van der Waals surface area contributed by atoms with Crippen LogP contribution in [0, 0.1) is 13.8 Å². The summed E-state index contributed by atoms with van der Waals surface area (Å²) in [6.07, 6.45) is 1.01. The van der Waals surface area contributed by atoms with E-state index in [2.05, 4.69) is 33.5 Å². The van der Waals surface area contributed by atoms with Crippen LogP contribution in [0.25, 0.3) is 10.6 Å². The van der Waals surface area contributed by atoms with Crippen molar-refractivity contribution in [1.82, 2.24) is 20.5 Å². The lowest BCUT2D eigenvalue weighted by atomic mass is 10.2. The van der Waals surface area contributed by atoms with Gasteiger partial charge in [-0.05, 0) is 39.4 Å². The summed E-state index contributed by atoms with van der Waals surface area (Å²) in [5, 5.41) is 13.8. The molecule has 0 saturated carbocycles. The highest BCUT2D eigenvalue weighted by Gasteiger charge is 2.15. The monoisotopic (exact) mass is 262 g/mol. The normalized spacial score (nSPS) is 12.7. The Labute approximate surface area is 111 Å². The van der Waals surface area contributed by atoms with Crippen LogP contribution in [0.2, 0.25) is 0 Å². The highest BCUT2D eigenvalue weighted by Crippen LogP contribution is 2.29. The van der Waals surface area contributed by atoms with Crippen molar-refractivity contribution in [3.8, 4) is 10.6 Å². The van der Waals surface area contributed by atoms with Gasteiger partial charge in [-0.2, -0.15) is 0 Å². The van der Waals surface area contributed by atoms with E-state index in [1.54, 1.807) is 11.3 Å². The number of aromatic nitrogens is 3. The molecule has 0 spiro atoms. The van der Waals surface area contributed by atoms with Crippen LogP contribution in [0.15, 0.2) is 12.1 Å². The quantitative estimate of drug-likeness (QED) is 0.920. The minimum Gasteiger partial charge on any atom is -0.311 e. The maximum absolute atomic E-state index is 4.47. The second kappa shape index (κ2) is 5.54. The molecule has 0 bridgehead atoms. The molecule has 96 valence electrons. The molecule has 0 fully saturated rings. The number of rotatable bonds is 4. The fourth-order valence-corrected chi connectivity index (χ4v) is 3.01. The third kappa shape index (κ3) is 2.57. The zero-order valence-electron chi connectivity index (χ0n) is 11.2. The predicted molar refractivity (Wildman–Crippen MR) is 74.7 cm³/mol. The first-order chi connectivity index (χ1) is 8.65. The molecule has 2 heterocycles. The molecule has 1 unspecified atom stereocenters. The van der Waals surface area contributed by atoms with Crippen LogP contribution in [-0.2, 0) is 0 Å². The fraction of sp³-hybridized carbons (Fsp3) is 0.462. The number of aryl methyl sites for hydroxylation is 2. The number of nitrogens with one attached hydrogen (secondary N) is 1. The van der Waals surface area contributed by atoms with Crippen molar-refractivity contribution in [2.45, 2.75) is 33.2 Å². The van der Waals surface area contributed by atoms with Crippen molar-refractivity contribution >= 4 is 11.3 Å². The first kappa shape index (κ1) is 13.1. The second-order valence-electron chi connectivity index (χ2n) is 4.28. The van der Waals surface area contributed by atoms with E-state index in [0.717, 1.165) is 33.4 Å². The molecule has 0 saturated heterocycles. The molecule has 0 aliphatic carbocycles. The van der Waals surface area contributed by atoms with E-state index in [-0.39, 0.29) is 6.04 Å². The molecule has 0 amide bonds. The van der Waals surface area contributed by atoms with Gasteiger partial charge in [0, 0.05) is 17.0 Å². The summed E-state index contributed by atoms with van der Waals surface area (Å²) in [6, 6.07) is 4.37. The average molecular weight is 262 g/mol. The third-order valence-electron chi connectivity index (χ3n) is 2.95. The minimum absolute atomic E-state index is 0.287. The number of hydrogen-bond donors (Lipinski definition) is 1. The average Bonchev–Trinajstić information content (AvgIpc) is 2.80. The molecular formula is C13H18N4S. The Morgan fingerprint density at radius 1 is 1.28 bits per heavy atom. The summed E-state index contributed by atoms with van der Waals surface area (Å²) in [5.41, 5.74) is 3.12. The molecule has 18 heavy (non-hydrogen) atoms. The second-order valence-corrected chi connectivity index (χ2v) is 5.29. The first-order valence-corrected chi connectivity index (χ1v) is 6.92. The standard InChI is InChI=1S/C13H18N4S/c1-5-11(14-4)13-17-16-12(18-13)10-7-6-8(2)15-9(10)3/h6-7,11,14H,5H2,1-4H3. The number of hydrogen-bond acceptors (Lipinski definition) is 5. The van der Waals surface area contributed by atoms with Crippen LogP contribution in [0.4, 0.5) is 0 Å². The van der Waals surface area contributed by atoms with Gasteiger partial charge >= 0.3 is 0 Å². The summed E-state index contributed by atoms with van der Waals surface area (Å²) in [7, 11) is 1.95. The summed E-state index contributed by atoms with van der Waals surface area (Å²) >= 11 is 1.64. The van der Waals surface area contributed by atoms with Gasteiger partial charge in [-0.15, -0.1) is 10.2 Å². The van der Waals surface area contributed by atoms with Gasteiger partial charge < -0.3 is 5.32 Å². The van der Waals surface area contributed by atoms with Crippen LogP contribution >= 0.6 is 11.3 Å². The Balaban J connectivity index is 2.34. The zero-order chi connectivity index (χ0) is 13.1. The lowest BCUT2D eigenvalue weighted by Gasteiger charge is -2.08. The predicted octanol–water partition coefficient (Wildman–Crippen LogP) is 2.89. The third-order valence-corrected chi connectivity index (χ3v) is 4.02. The summed E-state index contributed by atoms with van der Waals surface area (Å²) in [5.74, 6) is 0. The SMILES string of the molecule is CCC(NC)c1nnc(-c2ccc(C)nc2C)s1. The lowest BCUT2D eigenvalue weighted by Crippen LogP contribution is -2.14. The number of pyridine rings is 1. The fourth-order valence-electron chi connectivity index (χ4n) is 1.90. The van der Waals surface area contributed by atoms with Gasteiger partial charge in [-0.1, -0.05) is 18.3 Å². The highest BCUT2D eigenvalue weighted by atomic mass is 32.1. The highest BCUT2D eigenvalue weighted by molar-refractivity contribution is 7.14. The largest absolute Gasteiger partial charge is 0.311 e. The van der Waals surface area contributed by atoms with Crippen molar-refractivity contribution in [3.63, 3.8) is 0 Å². The summed E-state index contributed by atoms with van der Waals surface area (Å²) in [6.45, 7) is 6.15. The van der Waals surface area contributed by atoms with Crippen molar-refractivity contribution in [2.75, 3.05) is 7.05 Å². The van der Waals surface area contributed by atoms with Crippen molar-refractivity contribution in [1.29, 1.82) is 0 Å². The van der Waals surface area contributed by atoms with Crippen LogP contribution in [-0.4, -0.2) is 22.2 Å². The molecule has 5 heteroatoms. The van der Waals surface area contributed by atoms with Gasteiger partial charge in [0.15, 0.2) is 0 Å². The maximum Gasteiger partial charge on any atom is 0.149 e. The Morgan fingerprint density at radius 3 is 2.67 bits per heavy atom. The lowest BCUT2D eigenvalue weighted by molar-refractivity contribution is 0.568. The van der Waals surface area contributed by atoms with Crippen molar-refractivity contribution in [2.24, 2.45) is 0 Å². The van der Waals surface area contributed by atoms with Gasteiger partial charge in [0.05, 0.1) is 6.04 Å². The summed E-state index contributed by atoms with van der Waals surface area (Å²) < 4.78 is 0. The van der Waals surface area contributed by atoms with Crippen LogP contribution in [0.5, 0.6) is 0 Å². The van der Waals surface area contributed by atoms with Crippen molar-refractivity contribution in [3.05, 3.63) is 28.5 Å². The molecular weight excluding hydrogens is 244 g/mol. The van der Waals surface area contributed by atoms with E-state index < -0.39 is 0 Å². The first-order valence-electron chi connectivity index (χ1n) is 6.11. The van der Waals surface area contributed by atoms with Crippen LogP contribution in [0.1, 0.15) is 35.8 Å². The zero-order valence-corrected chi connectivity index (χ0v) is 12.0. The van der Waals surface area contributed by atoms with E-state index in [0.29, 0.717) is 0 Å². The van der Waals surface area contributed by atoms with Gasteiger partial charge in [0.1, 0.15) is 10.0 Å². The van der Waals surface area contributed by atoms with E-state index in [1.807, 2.05) is 27.0 Å². The minimum atomic E-state index is 0.287. The van der Waals surface area contributed by atoms with Gasteiger partial charge in [0.25, 0.3) is 0 Å². The molecule has 0 aliphatic rings. The van der Waals surface area contributed by atoms with Gasteiger partial charge in [-0.3, -0.25) is 4.98 Å². The Kier molecular flexibility index (Phi) is 4.04. The van der Waals surface area contributed by atoms with Crippen molar-refractivity contribution < 1.29 is 0 Å². The molecule has 2 aromatic heterocycles. The summed E-state index contributed by atoms with van der Waals surface area (Å²) in [4.78, 5) is 4.47. The van der Waals surface area contributed by atoms with Crippen LogP contribution < -0.4 is 5.32 Å². The van der Waals surface area contributed by atoms with Gasteiger partial charge in [-0.25, -0.2) is 0 Å². The topological polar surface area (TPSA) is 50.7 Å². The number of nitrogens with zero attached hydrogens (tertiary/aromatic N) is 3. The smallest absolute Gasteiger partial charge is 0.149 e. The molecule has 0 radical (unpaired) electrons. The van der Waals surface area contributed by atoms with E-state index in [1.165, 1.54) is 0 Å². The Bertz CT molecular complexity index is 532. The van der Waals surface area contributed by atoms with Gasteiger partial charge in [0.2, 0.25) is 0 Å². The molecule has 0 aromatic carbocycles. The molecule has 1 N–H and O–H groups in total. The molecule has 2 aromatic rings. The Morgan fingerprint density at radius 2 is 2.06 bits per heavy atom.